The minimum atomic E-state index is -0.532. The summed E-state index contributed by atoms with van der Waals surface area (Å²) in [4.78, 5) is 25.0. The van der Waals surface area contributed by atoms with E-state index in [-0.39, 0.29) is 24.5 Å². The molecule has 28 heavy (non-hydrogen) atoms. The molecule has 3 heterocycles. The summed E-state index contributed by atoms with van der Waals surface area (Å²) in [6.07, 6.45) is 0.908. The first-order valence-electron chi connectivity index (χ1n) is 8.69. The molecular weight excluding hydrogens is 382 g/mol. The fraction of sp³-hybridized carbons (Fsp3) is 0.200. The molecule has 144 valence electrons. The summed E-state index contributed by atoms with van der Waals surface area (Å²) in [5.41, 5.74) is 0.868. The maximum absolute atomic E-state index is 12.6. The Hall–Kier alpha value is -3.26. The number of furan rings is 1. The summed E-state index contributed by atoms with van der Waals surface area (Å²) < 4.78 is 22.1. The monoisotopic (exact) mass is 399 g/mol. The molecule has 0 bridgehead atoms. The lowest BCUT2D eigenvalue weighted by Crippen LogP contribution is -2.23. The van der Waals surface area contributed by atoms with Crippen molar-refractivity contribution in [2.45, 2.75) is 13.0 Å². The third-order valence-corrected chi connectivity index (χ3v) is 5.04. The van der Waals surface area contributed by atoms with Gasteiger partial charge in [-0.05, 0) is 31.2 Å². The Morgan fingerprint density at radius 1 is 1.21 bits per heavy atom. The highest BCUT2D eigenvalue weighted by Crippen LogP contribution is 2.40. The van der Waals surface area contributed by atoms with E-state index in [1.54, 1.807) is 30.5 Å². The summed E-state index contributed by atoms with van der Waals surface area (Å²) in [5, 5.41) is 4.86. The van der Waals surface area contributed by atoms with Crippen LogP contribution in [0.5, 0.6) is 11.5 Å². The minimum Gasteiger partial charge on any atom is -0.485 e. The molecule has 0 fully saturated rings. The number of hydrogen-bond acceptors (Lipinski definition) is 7. The van der Waals surface area contributed by atoms with Crippen LogP contribution in [0.1, 0.15) is 39.5 Å². The number of carbonyl (C=O) groups is 2. The zero-order chi connectivity index (χ0) is 19.5. The zero-order valence-corrected chi connectivity index (χ0v) is 15.8. The molecule has 0 radical (unpaired) electrons. The van der Waals surface area contributed by atoms with E-state index < -0.39 is 18.0 Å². The molecule has 7 nitrogen and oxygen atoms in total. The second kappa shape index (κ2) is 7.77. The summed E-state index contributed by atoms with van der Waals surface area (Å²) in [6, 6.07) is 10.5. The molecule has 0 spiro atoms. The molecule has 0 aliphatic carbocycles. The van der Waals surface area contributed by atoms with Gasteiger partial charge >= 0.3 is 5.97 Å². The Bertz CT molecular complexity index is 994. The summed E-state index contributed by atoms with van der Waals surface area (Å²) >= 11 is 1.22. The summed E-state index contributed by atoms with van der Waals surface area (Å²) in [6.45, 7) is 2.18. The van der Waals surface area contributed by atoms with Gasteiger partial charge in [-0.3, -0.25) is 4.79 Å². The molecule has 0 saturated heterocycles. The van der Waals surface area contributed by atoms with Gasteiger partial charge in [0.2, 0.25) is 0 Å². The zero-order valence-electron chi connectivity index (χ0n) is 15.0. The smallest absolute Gasteiger partial charge is 0.341 e. The van der Waals surface area contributed by atoms with Gasteiger partial charge in [-0.25, -0.2) is 4.79 Å². The number of hydrogen-bond donors (Lipinski definition) is 1. The lowest BCUT2D eigenvalue weighted by Gasteiger charge is -2.26. The number of carbonyl (C=O) groups excluding carboxylic acids is 2. The standard InChI is InChI=1S/C20H17NO6S/c1-2-24-20(23)17-12(16-10-26-13-6-3-4-7-14(13)27-16)11-28-19(17)21-18(22)15-8-5-9-25-15/h3-9,11,16H,2,10H2,1H3,(H,21,22)/t16-/m1/s1. The predicted octanol–water partition coefficient (Wildman–Crippen LogP) is 4.28. The van der Waals surface area contributed by atoms with Crippen molar-refractivity contribution in [3.05, 3.63) is 64.9 Å². The summed E-state index contributed by atoms with van der Waals surface area (Å²) in [7, 11) is 0. The first-order valence-corrected chi connectivity index (χ1v) is 9.57. The first kappa shape index (κ1) is 18.1. The molecule has 1 aliphatic heterocycles. The molecule has 4 rings (SSSR count). The van der Waals surface area contributed by atoms with Gasteiger partial charge in [0, 0.05) is 10.9 Å². The van der Waals surface area contributed by atoms with Gasteiger partial charge in [0.05, 0.1) is 12.9 Å². The van der Waals surface area contributed by atoms with E-state index in [4.69, 9.17) is 18.6 Å². The van der Waals surface area contributed by atoms with E-state index in [2.05, 4.69) is 5.32 Å². The van der Waals surface area contributed by atoms with Crippen LogP contribution in [0.4, 0.5) is 5.00 Å². The van der Waals surface area contributed by atoms with Gasteiger partial charge in [0.15, 0.2) is 23.4 Å². The lowest BCUT2D eigenvalue weighted by molar-refractivity contribution is 0.0513. The van der Waals surface area contributed by atoms with Crippen LogP contribution >= 0.6 is 11.3 Å². The molecular formula is C20H17NO6S. The fourth-order valence-corrected chi connectivity index (χ4v) is 3.84. The lowest BCUT2D eigenvalue weighted by atomic mass is 10.1. The Kier molecular flexibility index (Phi) is 5.03. The molecule has 1 amide bonds. The largest absolute Gasteiger partial charge is 0.485 e. The molecule has 1 aliphatic rings. The number of amides is 1. The average molecular weight is 399 g/mol. The normalized spacial score (nSPS) is 15.1. The van der Waals surface area contributed by atoms with Crippen LogP contribution in [0.15, 0.2) is 52.5 Å². The van der Waals surface area contributed by atoms with Crippen LogP contribution in [0.3, 0.4) is 0 Å². The van der Waals surface area contributed by atoms with Crippen molar-refractivity contribution in [1.82, 2.24) is 0 Å². The van der Waals surface area contributed by atoms with Crippen LogP contribution in [0, 0.1) is 0 Å². The van der Waals surface area contributed by atoms with Crippen molar-refractivity contribution in [1.29, 1.82) is 0 Å². The summed E-state index contributed by atoms with van der Waals surface area (Å²) in [5.74, 6) is 0.418. The van der Waals surface area contributed by atoms with Crippen molar-refractivity contribution < 1.29 is 28.2 Å². The van der Waals surface area contributed by atoms with Crippen LogP contribution in [-0.4, -0.2) is 25.1 Å². The number of benzene rings is 1. The fourth-order valence-electron chi connectivity index (χ4n) is 2.86. The van der Waals surface area contributed by atoms with E-state index in [1.165, 1.54) is 17.6 Å². The SMILES string of the molecule is CCOC(=O)c1c([C@H]2COc3ccccc3O2)csc1NC(=O)c1ccco1. The van der Waals surface area contributed by atoms with Crippen LogP contribution in [0.2, 0.25) is 0 Å². The van der Waals surface area contributed by atoms with E-state index in [0.717, 1.165) is 0 Å². The Labute approximate surface area is 164 Å². The third-order valence-electron chi connectivity index (χ3n) is 4.13. The quantitative estimate of drug-likeness (QED) is 0.645. The van der Waals surface area contributed by atoms with Gasteiger partial charge in [-0.2, -0.15) is 0 Å². The van der Waals surface area contributed by atoms with Gasteiger partial charge in [-0.1, -0.05) is 12.1 Å². The molecule has 8 heteroatoms. The van der Waals surface area contributed by atoms with Gasteiger partial charge < -0.3 is 23.9 Å². The van der Waals surface area contributed by atoms with Crippen LogP contribution < -0.4 is 14.8 Å². The van der Waals surface area contributed by atoms with Crippen LogP contribution in [-0.2, 0) is 4.74 Å². The highest BCUT2D eigenvalue weighted by atomic mass is 32.1. The maximum Gasteiger partial charge on any atom is 0.341 e. The van der Waals surface area contributed by atoms with Gasteiger partial charge in [-0.15, -0.1) is 11.3 Å². The van der Waals surface area contributed by atoms with E-state index in [0.29, 0.717) is 22.1 Å². The van der Waals surface area contributed by atoms with Crippen molar-refractivity contribution in [3.8, 4) is 11.5 Å². The molecule has 1 N–H and O–H groups in total. The van der Waals surface area contributed by atoms with Crippen molar-refractivity contribution in [3.63, 3.8) is 0 Å². The topological polar surface area (TPSA) is 87.0 Å². The Morgan fingerprint density at radius 3 is 2.79 bits per heavy atom. The highest BCUT2D eigenvalue weighted by molar-refractivity contribution is 7.15. The van der Waals surface area contributed by atoms with E-state index in [1.807, 2.05) is 18.2 Å². The van der Waals surface area contributed by atoms with E-state index in [9.17, 15) is 9.59 Å². The molecule has 1 atom stereocenters. The number of esters is 1. The Morgan fingerprint density at radius 2 is 2.04 bits per heavy atom. The molecule has 0 unspecified atom stereocenters. The average Bonchev–Trinajstić information content (AvgIpc) is 3.38. The maximum atomic E-state index is 12.6. The minimum absolute atomic E-state index is 0.149. The molecule has 0 saturated carbocycles. The number of thiophene rings is 1. The first-order chi connectivity index (χ1) is 13.7. The molecule has 2 aromatic heterocycles. The van der Waals surface area contributed by atoms with Gasteiger partial charge in [0.1, 0.15) is 17.2 Å². The number of fused-ring (bicyclic) bond motifs is 1. The third kappa shape index (κ3) is 3.46. The predicted molar refractivity (Wildman–Crippen MR) is 102 cm³/mol. The Balaban J connectivity index is 1.65. The van der Waals surface area contributed by atoms with Gasteiger partial charge in [0.25, 0.3) is 5.91 Å². The molecule has 3 aromatic rings. The number of para-hydroxylation sites is 2. The van der Waals surface area contributed by atoms with Crippen LogP contribution in [0.25, 0.3) is 0 Å². The van der Waals surface area contributed by atoms with Crippen molar-refractivity contribution in [2.75, 3.05) is 18.5 Å². The number of ether oxygens (including phenoxy) is 3. The van der Waals surface area contributed by atoms with E-state index >= 15 is 0 Å². The highest BCUT2D eigenvalue weighted by Gasteiger charge is 2.31. The van der Waals surface area contributed by atoms with Crippen molar-refractivity contribution in [2.24, 2.45) is 0 Å². The number of anilines is 1. The number of rotatable bonds is 5. The molecule has 1 aromatic carbocycles. The second-order valence-corrected chi connectivity index (χ2v) is 6.79. The second-order valence-electron chi connectivity index (χ2n) is 5.91. The number of nitrogens with one attached hydrogen (secondary N) is 1. The van der Waals surface area contributed by atoms with Crippen molar-refractivity contribution >= 4 is 28.2 Å².